The number of hydrogen-bond acceptors (Lipinski definition) is 0. The maximum absolute atomic E-state index is 2.08. The Morgan fingerprint density at radius 1 is 0.122 bits per heavy atom. The Hall–Kier alpha value is 6.79. The van der Waals surface area contributed by atoms with Crippen LogP contribution in [0.5, 0.6) is 0 Å². The first-order chi connectivity index (χ1) is 8.66. The van der Waals surface area contributed by atoms with Crippen molar-refractivity contribution in [2.24, 2.45) is 0 Å². The summed E-state index contributed by atoms with van der Waals surface area (Å²) in [7, 11) is 31.2. The van der Waals surface area contributed by atoms with E-state index >= 15 is 0 Å². The van der Waals surface area contributed by atoms with Gasteiger partial charge >= 0.3 is 0 Å². The van der Waals surface area contributed by atoms with E-state index in [1.807, 2.05) is 0 Å². The molecule has 74 heavy (non-hydrogen) atoms. The van der Waals surface area contributed by atoms with Gasteiger partial charge in [-0.2, -0.15) is 0 Å². The monoisotopic (exact) mass is 3210 g/mol. The fourth-order valence-corrected chi connectivity index (χ4v) is 0. The molecule has 0 saturated carbocycles. The summed E-state index contributed by atoms with van der Waals surface area (Å²) in [6, 6.07) is 0. The molecule has 0 aliphatic heterocycles. The van der Waals surface area contributed by atoms with Crippen molar-refractivity contribution in [2.45, 2.75) is 7.43 Å². The average molecular weight is 3210 g/mol. The fourth-order valence-electron chi connectivity index (χ4n) is 0. The van der Waals surface area contributed by atoms with Crippen molar-refractivity contribution in [3.05, 3.63) is 0 Å². The third-order valence-corrected chi connectivity index (χ3v) is 0. The molecule has 0 aromatic carbocycles. The zero-order valence-electron chi connectivity index (χ0n) is 43.0. The molecule has 532 valence electrons. The van der Waals surface area contributed by atoms with Crippen LogP contribution in [-0.4, -0.2) is 360 Å². The van der Waals surface area contributed by atoms with Crippen molar-refractivity contribution in [1.29, 1.82) is 0 Å². The van der Waals surface area contributed by atoms with E-state index < -0.39 is 0 Å². The van der Waals surface area contributed by atoms with Gasteiger partial charge in [-0.25, -0.2) is 0 Å². The van der Waals surface area contributed by atoms with Gasteiger partial charge in [0.2, 0.25) is 0 Å². The van der Waals surface area contributed by atoms with Gasteiger partial charge in [0.05, 0.1) is 106 Å². The van der Waals surface area contributed by atoms with Crippen molar-refractivity contribution < 1.29 is 475 Å². The predicted molar refractivity (Wildman–Crippen MR) is 256 cm³/mol. The quantitative estimate of drug-likeness (QED) is 0.141. The molecule has 0 atom stereocenters. The van der Waals surface area contributed by atoms with E-state index in [1.54, 1.807) is 0 Å². The number of nitrogens with one attached hydrogen (secondary N) is 5. The van der Waals surface area contributed by atoms with E-state index in [1.165, 1.54) is 24.5 Å². The zero-order chi connectivity index (χ0) is 17.9. The summed E-state index contributed by atoms with van der Waals surface area (Å²) in [5.74, 6) is 0. The van der Waals surface area contributed by atoms with E-state index in [9.17, 15) is 0 Å². The minimum Gasteiger partial charge on any atom is -0.412 e. The Balaban J connectivity index is -0.000000000564. The van der Waals surface area contributed by atoms with Crippen LogP contribution >= 0.6 is 0 Å². The maximum Gasteiger partial charge on any atom is 0.0661 e. The summed E-state index contributed by atoms with van der Waals surface area (Å²) in [4.78, 5) is 7.08. The second-order valence-electron chi connectivity index (χ2n) is 7.50. The average Bonchev–Trinajstić information content (AvgIpc) is 1.94. The van der Waals surface area contributed by atoms with E-state index in [0.29, 0.717) is 0 Å². The number of hydrogen-bond donors (Lipinski definition) is 5. The van der Waals surface area contributed by atoms with Crippen LogP contribution in [0.4, 0.5) is 0 Å². The van der Waals surface area contributed by atoms with Gasteiger partial charge in [0.15, 0.2) is 0 Å². The Morgan fingerprint density at radius 2 is 0.122 bits per heavy atom. The minimum absolute atomic E-state index is 0. The number of quaternary nitrogens is 5. The molecule has 0 spiro atoms. The van der Waals surface area contributed by atoms with Crippen LogP contribution in [0.2, 0.25) is 0 Å². The molecule has 0 aromatic rings. The standard InChI is InChI=1S/5C3H9N.CH4.40H2O.Si.Sn.11W/c5*1-4(2)3;;;;;;;;;;;;;;;;;;;;;;;;;;;;;;;;;;;;;;;;;;;;;;;;;;;;;;/h5*1-3H3;1H4;40*1H2;;;;;;;;;;;;;/p+5. The summed E-state index contributed by atoms with van der Waals surface area (Å²) in [6.07, 6.45) is 0. The Bertz CT molecular complexity index is 192. The Labute approximate surface area is 615 Å². The van der Waals surface area contributed by atoms with E-state index in [2.05, 4.69) is 106 Å². The molecular formula is C16H134N5O40SiSnW11+5. The largest absolute Gasteiger partial charge is 0.412 e. The van der Waals surface area contributed by atoms with Crippen molar-refractivity contribution in [1.82, 2.24) is 0 Å². The molecule has 0 aromatic heterocycles. The van der Waals surface area contributed by atoms with Crippen LogP contribution < -0.4 is 24.5 Å². The van der Waals surface area contributed by atoms with E-state index in [0.717, 1.165) is 0 Å². The van der Waals surface area contributed by atoms with Crippen LogP contribution in [-0.2, 0) is 232 Å². The molecule has 0 rings (SSSR count). The molecule has 45 nitrogen and oxygen atoms in total. The van der Waals surface area contributed by atoms with Gasteiger partial charge in [-0.05, 0) is 0 Å². The summed E-state index contributed by atoms with van der Waals surface area (Å²) in [5.41, 5.74) is 0. The van der Waals surface area contributed by atoms with Gasteiger partial charge in [0.25, 0.3) is 0 Å². The molecule has 58 heteroatoms. The first kappa shape index (κ1) is 1080. The Kier molecular flexibility index (Phi) is 15300. The minimum atomic E-state index is 0. The molecule has 0 bridgehead atoms. The van der Waals surface area contributed by atoms with Crippen LogP contribution in [0.1, 0.15) is 7.43 Å². The first-order valence-electron chi connectivity index (χ1n) is 7.50. The van der Waals surface area contributed by atoms with Crippen LogP contribution in [0, 0.1) is 0 Å². The van der Waals surface area contributed by atoms with Crippen LogP contribution in [0.25, 0.3) is 0 Å². The molecule has 0 amide bonds. The number of rotatable bonds is 0. The third-order valence-electron chi connectivity index (χ3n) is 0. The molecule has 0 heterocycles. The fraction of sp³-hybridized carbons (Fsp3) is 1.00. The topological polar surface area (TPSA) is 1280 Å². The third kappa shape index (κ3) is 10300. The van der Waals surface area contributed by atoms with Gasteiger partial charge in [0.1, 0.15) is 0 Å². The molecule has 0 aliphatic carbocycles. The summed E-state index contributed by atoms with van der Waals surface area (Å²) >= 11 is 0. The first-order valence-corrected chi connectivity index (χ1v) is 7.50. The molecule has 0 fully saturated rings. The van der Waals surface area contributed by atoms with Crippen LogP contribution in [0.15, 0.2) is 0 Å². The second-order valence-corrected chi connectivity index (χ2v) is 7.50. The van der Waals surface area contributed by atoms with Crippen molar-refractivity contribution in [3.63, 3.8) is 0 Å². The molecule has 0 unspecified atom stereocenters. The van der Waals surface area contributed by atoms with E-state index in [-0.39, 0.29) is 493 Å². The summed E-state index contributed by atoms with van der Waals surface area (Å²) < 4.78 is 0. The molecule has 8 radical (unpaired) electrons. The van der Waals surface area contributed by atoms with Crippen LogP contribution in [0.3, 0.4) is 0 Å². The van der Waals surface area contributed by atoms with Gasteiger partial charge in [-0.15, -0.1) is 0 Å². The van der Waals surface area contributed by atoms with E-state index in [4.69, 9.17) is 0 Å². The van der Waals surface area contributed by atoms with Crippen molar-refractivity contribution in [2.75, 3.05) is 106 Å². The molecular weight excluding hydrogens is 3070 g/mol. The maximum atomic E-state index is 2.08. The molecule has 85 N–H and O–H groups in total. The summed E-state index contributed by atoms with van der Waals surface area (Å²) in [5, 5.41) is 0. The zero-order valence-corrected chi connectivity index (χ0v) is 79.1. The van der Waals surface area contributed by atoms with Gasteiger partial charge in [-0.1, -0.05) is 7.43 Å². The van der Waals surface area contributed by atoms with Crippen molar-refractivity contribution >= 4 is 34.9 Å². The normalized spacial score (nSPS) is 2.43. The summed E-state index contributed by atoms with van der Waals surface area (Å²) in [6.45, 7) is 0. The van der Waals surface area contributed by atoms with Gasteiger partial charge in [-0.3, -0.25) is 0 Å². The smallest absolute Gasteiger partial charge is 0.0661 e. The molecule has 0 aliphatic rings. The SMILES string of the molecule is C.C[NH+](C)C.C[NH+](C)C.C[NH+](C)C.C[NH+](C)C.C[NH+](C)C.O.O.O.O.O.O.O.O.O.O.O.O.O.O.O.O.O.O.O.O.O.O.O.O.O.O.O.O.O.O.O.O.O.O.O.O.O.O.O.O.[Si].[Sn].[W].[W].[W].[W].[W].[W].[W].[W].[W].[W].[W]. The second kappa shape index (κ2) is 1040. The Morgan fingerprint density at radius 3 is 0.122 bits per heavy atom. The predicted octanol–water partition coefficient (Wildman–Crippen LogP) is -39.3. The van der Waals surface area contributed by atoms with Crippen molar-refractivity contribution in [3.8, 4) is 0 Å². The van der Waals surface area contributed by atoms with Gasteiger partial charge in [0, 0.05) is 267 Å². The van der Waals surface area contributed by atoms with Gasteiger partial charge < -0.3 is 244 Å². The molecule has 0 saturated heterocycles.